The van der Waals surface area contributed by atoms with Gasteiger partial charge in [-0.15, -0.1) is 0 Å². The fourth-order valence-corrected chi connectivity index (χ4v) is 5.94. The average molecular weight is 583 g/mol. The van der Waals surface area contributed by atoms with Gasteiger partial charge in [-0.2, -0.15) is 4.98 Å². The molecule has 2 aromatic carbocycles. The van der Waals surface area contributed by atoms with Crippen LogP contribution in [-0.4, -0.2) is 83.6 Å². The molecule has 222 valence electrons. The van der Waals surface area contributed by atoms with Crippen molar-refractivity contribution in [1.29, 1.82) is 0 Å². The van der Waals surface area contributed by atoms with Crippen LogP contribution in [0.15, 0.2) is 59.5 Å². The molecule has 3 aliphatic heterocycles. The molecule has 1 N–H and O–H groups in total. The molecule has 0 saturated carbocycles. The minimum atomic E-state index is -0.191. The zero-order valence-electron chi connectivity index (χ0n) is 24.3. The van der Waals surface area contributed by atoms with Crippen LogP contribution >= 0.6 is 0 Å². The number of methoxy groups -OCH3 is 1. The number of aromatic nitrogens is 4. The Morgan fingerprint density at radius 1 is 0.977 bits per heavy atom. The Morgan fingerprint density at radius 3 is 2.67 bits per heavy atom. The molecule has 0 atom stereocenters. The summed E-state index contributed by atoms with van der Waals surface area (Å²) in [5.74, 6) is 1.68. The lowest BCUT2D eigenvalue weighted by molar-refractivity contribution is -0.121. The van der Waals surface area contributed by atoms with Crippen LogP contribution in [0.5, 0.6) is 11.5 Å². The number of nitrogens with one attached hydrogen (secondary N) is 1. The summed E-state index contributed by atoms with van der Waals surface area (Å²) in [6, 6.07) is 11.6. The normalized spacial score (nSPS) is 17.2. The van der Waals surface area contributed by atoms with E-state index in [0.29, 0.717) is 47.2 Å². The molecule has 12 nitrogen and oxygen atoms in total. The van der Waals surface area contributed by atoms with Crippen LogP contribution in [0.4, 0.5) is 23.0 Å². The number of hydrogen-bond acceptors (Lipinski definition) is 9. The molecule has 5 heterocycles. The predicted octanol–water partition coefficient (Wildman–Crippen LogP) is 3.16. The van der Waals surface area contributed by atoms with Gasteiger partial charge in [0.25, 0.3) is 11.5 Å². The van der Waals surface area contributed by atoms with Crippen molar-refractivity contribution in [3.8, 4) is 17.2 Å². The molecule has 0 radical (unpaired) electrons. The Labute approximate surface area is 248 Å². The predicted molar refractivity (Wildman–Crippen MR) is 165 cm³/mol. The van der Waals surface area contributed by atoms with Crippen LogP contribution in [0.2, 0.25) is 0 Å². The number of amides is 1. The molecule has 2 aromatic heterocycles. The Hall–Kier alpha value is -4.84. The van der Waals surface area contributed by atoms with E-state index in [-0.39, 0.29) is 18.1 Å². The zero-order valence-corrected chi connectivity index (χ0v) is 24.3. The lowest BCUT2D eigenvalue weighted by atomic mass is 10.1. The third-order valence-electron chi connectivity index (χ3n) is 8.28. The largest absolute Gasteiger partial charge is 0.495 e. The molecule has 0 unspecified atom stereocenters. The first-order valence-corrected chi connectivity index (χ1v) is 14.6. The van der Waals surface area contributed by atoms with E-state index in [2.05, 4.69) is 33.2 Å². The molecule has 12 heteroatoms. The Balaban J connectivity index is 1.28. The van der Waals surface area contributed by atoms with Crippen molar-refractivity contribution in [3.63, 3.8) is 0 Å². The number of fused-ring (bicyclic) bond motifs is 5. The zero-order chi connectivity index (χ0) is 29.5. The van der Waals surface area contributed by atoms with E-state index in [1.165, 1.54) is 0 Å². The van der Waals surface area contributed by atoms with Crippen molar-refractivity contribution in [3.05, 3.63) is 65.1 Å². The van der Waals surface area contributed by atoms with Crippen molar-refractivity contribution in [2.45, 2.75) is 19.4 Å². The van der Waals surface area contributed by atoms with Gasteiger partial charge in [-0.05, 0) is 50.2 Å². The number of hydrogen-bond donors (Lipinski definition) is 1. The summed E-state index contributed by atoms with van der Waals surface area (Å²) >= 11 is 0. The molecular formula is C31H34N8O4. The smallest absolute Gasteiger partial charge is 0.278 e. The van der Waals surface area contributed by atoms with Crippen LogP contribution in [0.1, 0.15) is 12.8 Å². The van der Waals surface area contributed by atoms with Gasteiger partial charge in [-0.3, -0.25) is 9.59 Å². The lowest BCUT2D eigenvalue weighted by Crippen LogP contribution is -2.44. The van der Waals surface area contributed by atoms with E-state index in [4.69, 9.17) is 14.5 Å². The van der Waals surface area contributed by atoms with Gasteiger partial charge in [0.15, 0.2) is 12.3 Å². The number of rotatable bonds is 4. The Morgan fingerprint density at radius 2 is 1.84 bits per heavy atom. The maximum absolute atomic E-state index is 13.6. The first kappa shape index (κ1) is 27.0. The van der Waals surface area contributed by atoms with Crippen molar-refractivity contribution >= 4 is 40.0 Å². The minimum Gasteiger partial charge on any atom is -0.495 e. The van der Waals surface area contributed by atoms with Crippen LogP contribution in [0.25, 0.3) is 16.7 Å². The molecule has 1 fully saturated rings. The van der Waals surface area contributed by atoms with E-state index in [1.807, 2.05) is 42.5 Å². The number of allylic oxidation sites excluding steroid dienone is 2. The van der Waals surface area contributed by atoms with E-state index >= 15 is 0 Å². The molecule has 1 saturated heterocycles. The van der Waals surface area contributed by atoms with E-state index in [1.54, 1.807) is 27.6 Å². The fourth-order valence-electron chi connectivity index (χ4n) is 5.94. The van der Waals surface area contributed by atoms with Crippen LogP contribution in [0, 0.1) is 0 Å². The van der Waals surface area contributed by atoms with Crippen molar-refractivity contribution < 1.29 is 14.3 Å². The summed E-state index contributed by atoms with van der Waals surface area (Å²) in [7, 11) is 3.81. The van der Waals surface area contributed by atoms with E-state index in [0.717, 1.165) is 56.1 Å². The second-order valence-corrected chi connectivity index (χ2v) is 11.0. The van der Waals surface area contributed by atoms with Gasteiger partial charge in [0.2, 0.25) is 5.95 Å². The Kier molecular flexibility index (Phi) is 6.98. The quantitative estimate of drug-likeness (QED) is 0.363. The number of likely N-dealkylation sites (N-methyl/N-ethyl adjacent to an activating group) is 1. The molecule has 4 aromatic rings. The van der Waals surface area contributed by atoms with E-state index in [9.17, 15) is 9.59 Å². The molecular weight excluding hydrogens is 548 g/mol. The second-order valence-electron chi connectivity index (χ2n) is 11.0. The SMILES string of the molecule is COc1cc(Nc2ncc3c(=O)n4n(c3n2)-c2ccc3c(c2)N(CCCC=CC4)C(=O)CO3)ccc1N1CCN(C)CC1. The number of anilines is 4. The third kappa shape index (κ3) is 4.97. The van der Waals surface area contributed by atoms with Crippen molar-refractivity contribution in [2.75, 3.05) is 68.6 Å². The van der Waals surface area contributed by atoms with Gasteiger partial charge in [-0.25, -0.2) is 14.3 Å². The van der Waals surface area contributed by atoms with Crippen LogP contribution in [0.3, 0.4) is 0 Å². The standard InChI is InChI=1S/C31H34N8O4/c1-35-13-15-36(16-14-35)24-9-7-21(17-27(24)42-2)33-31-32-19-23-29(34-31)39-22-8-10-26-25(18-22)37(28(40)20-43-26)11-5-3-4-6-12-38(39)30(23)41/h4,6-10,17-19H,3,5,11-16,20H2,1-2H3,(H,32,33,34). The summed E-state index contributed by atoms with van der Waals surface area (Å²) in [6.07, 6.45) is 7.20. The van der Waals surface area contributed by atoms with Gasteiger partial charge >= 0.3 is 0 Å². The molecule has 0 spiro atoms. The summed E-state index contributed by atoms with van der Waals surface area (Å²) < 4.78 is 14.9. The maximum Gasteiger partial charge on any atom is 0.278 e. The molecule has 7 rings (SSSR count). The Bertz CT molecular complexity index is 1790. The fraction of sp³-hybridized carbons (Fsp3) is 0.355. The summed E-state index contributed by atoms with van der Waals surface area (Å²) in [5, 5.41) is 3.70. The maximum atomic E-state index is 13.6. The number of ether oxygens (including phenoxy) is 2. The van der Waals surface area contributed by atoms with Crippen molar-refractivity contribution in [1.82, 2.24) is 24.2 Å². The van der Waals surface area contributed by atoms with Crippen LogP contribution in [-0.2, 0) is 11.3 Å². The average Bonchev–Trinajstić information content (AvgIpc) is 3.29. The lowest BCUT2D eigenvalue weighted by Gasteiger charge is -2.34. The monoisotopic (exact) mass is 582 g/mol. The van der Waals surface area contributed by atoms with Crippen LogP contribution < -0.4 is 30.1 Å². The van der Waals surface area contributed by atoms with Gasteiger partial charge in [0.05, 0.1) is 30.7 Å². The summed E-state index contributed by atoms with van der Waals surface area (Å²) in [6.45, 7) is 4.85. The van der Waals surface area contributed by atoms with Gasteiger partial charge in [0, 0.05) is 50.7 Å². The first-order chi connectivity index (χ1) is 21.0. The highest BCUT2D eigenvalue weighted by Gasteiger charge is 2.27. The molecule has 0 aliphatic carbocycles. The topological polar surface area (TPSA) is 110 Å². The summed E-state index contributed by atoms with van der Waals surface area (Å²) in [5.41, 5.74) is 3.48. The highest BCUT2D eigenvalue weighted by atomic mass is 16.5. The minimum absolute atomic E-state index is 0.0166. The summed E-state index contributed by atoms with van der Waals surface area (Å²) in [4.78, 5) is 42.1. The van der Waals surface area contributed by atoms with Gasteiger partial charge in [-0.1, -0.05) is 12.2 Å². The molecule has 1 amide bonds. The first-order valence-electron chi connectivity index (χ1n) is 14.6. The highest BCUT2D eigenvalue weighted by molar-refractivity contribution is 5.98. The molecule has 3 aliphatic rings. The molecule has 2 bridgehead atoms. The highest BCUT2D eigenvalue weighted by Crippen LogP contribution is 2.36. The number of nitrogens with zero attached hydrogens (tertiary/aromatic N) is 7. The third-order valence-corrected chi connectivity index (χ3v) is 8.28. The number of piperazine rings is 1. The van der Waals surface area contributed by atoms with Gasteiger partial charge in [0.1, 0.15) is 16.9 Å². The number of carbonyl (C=O) groups excluding carboxylic acids is 1. The molecule has 43 heavy (non-hydrogen) atoms. The van der Waals surface area contributed by atoms with Gasteiger partial charge < -0.3 is 29.5 Å². The van der Waals surface area contributed by atoms with Crippen molar-refractivity contribution in [2.24, 2.45) is 0 Å². The number of benzene rings is 2. The second kappa shape index (κ2) is 11.1. The number of carbonyl (C=O) groups is 1. The van der Waals surface area contributed by atoms with E-state index < -0.39 is 0 Å².